The fourth-order valence-corrected chi connectivity index (χ4v) is 5.02. The Labute approximate surface area is 256 Å². The molecular formula is C28H28O18. The Morgan fingerprint density at radius 1 is 0.761 bits per heavy atom. The fraction of sp³-hybridized carbons (Fsp3) is 0.393. The van der Waals surface area contributed by atoms with Crippen molar-refractivity contribution in [1.29, 1.82) is 0 Å². The van der Waals surface area contributed by atoms with Crippen LogP contribution < -0.4 is 14.9 Å². The van der Waals surface area contributed by atoms with Crippen LogP contribution >= 0.6 is 0 Å². The highest BCUT2D eigenvalue weighted by Crippen LogP contribution is 2.36. The van der Waals surface area contributed by atoms with Crippen LogP contribution in [0.1, 0.15) is 0 Å². The molecule has 9 N–H and O–H groups in total. The molecule has 0 aliphatic carbocycles. The van der Waals surface area contributed by atoms with Crippen molar-refractivity contribution in [2.75, 3.05) is 7.11 Å². The van der Waals surface area contributed by atoms with E-state index < -0.39 is 84.5 Å². The number of benzene rings is 2. The van der Waals surface area contributed by atoms with E-state index in [2.05, 4.69) is 0 Å². The van der Waals surface area contributed by atoms with Gasteiger partial charge in [-0.3, -0.25) is 4.79 Å². The predicted molar refractivity (Wildman–Crippen MR) is 146 cm³/mol. The Kier molecular flexibility index (Phi) is 9.07. The van der Waals surface area contributed by atoms with Crippen LogP contribution in [-0.2, 0) is 23.8 Å². The van der Waals surface area contributed by atoms with Crippen LogP contribution in [0, 0.1) is 0 Å². The smallest absolute Gasteiger partial charge is 0.335 e. The standard InChI is InChI=1S/C28H28O18/c1-41-14-4-8(2-3-10(14)29)13-7-12(31)16-11(30)5-9(6-15(16)43-13)42-28-24(20(35)19(34)23(45-28)26(39)40)46-27-21(36)17(32)18(33)22(44-27)25(37)38/h2-7,17-24,27-30,32-36H,1H3,(H,37,38)(H,39,40)/t17-,18-,19-,20-,21+,22-,23-,24+,27-,28+/m0/s1. The van der Waals surface area contributed by atoms with E-state index in [0.717, 1.165) is 18.2 Å². The number of carboxylic acid groups (broad SMARTS) is 2. The maximum absolute atomic E-state index is 12.9. The lowest BCUT2D eigenvalue weighted by atomic mass is 9.97. The zero-order valence-corrected chi connectivity index (χ0v) is 23.4. The molecule has 0 saturated carbocycles. The van der Waals surface area contributed by atoms with Gasteiger partial charge >= 0.3 is 11.9 Å². The van der Waals surface area contributed by atoms with Crippen LogP contribution in [0.4, 0.5) is 0 Å². The van der Waals surface area contributed by atoms with Crippen molar-refractivity contribution >= 4 is 22.9 Å². The van der Waals surface area contributed by atoms with Crippen LogP contribution in [0.25, 0.3) is 22.3 Å². The summed E-state index contributed by atoms with van der Waals surface area (Å²) in [6, 6.07) is 7.18. The molecule has 0 unspecified atom stereocenters. The maximum atomic E-state index is 12.9. The van der Waals surface area contributed by atoms with Crippen molar-refractivity contribution in [2.45, 2.75) is 61.4 Å². The molecule has 3 aromatic rings. The minimum atomic E-state index is -2.17. The molecule has 18 nitrogen and oxygen atoms in total. The van der Waals surface area contributed by atoms with E-state index in [-0.39, 0.29) is 34.0 Å². The van der Waals surface area contributed by atoms with E-state index in [1.54, 1.807) is 0 Å². The molecule has 5 rings (SSSR count). The monoisotopic (exact) mass is 652 g/mol. The Morgan fingerprint density at radius 3 is 2.02 bits per heavy atom. The second kappa shape index (κ2) is 12.7. The molecular weight excluding hydrogens is 624 g/mol. The number of aromatic hydroxyl groups is 2. The van der Waals surface area contributed by atoms with Crippen LogP contribution in [0.5, 0.6) is 23.0 Å². The van der Waals surface area contributed by atoms with Crippen molar-refractivity contribution in [2.24, 2.45) is 0 Å². The first-order chi connectivity index (χ1) is 21.7. The normalized spacial score (nSPS) is 31.3. The van der Waals surface area contributed by atoms with E-state index >= 15 is 0 Å². The third-order valence-electron chi connectivity index (χ3n) is 7.39. The first-order valence-electron chi connectivity index (χ1n) is 13.4. The number of aliphatic hydroxyl groups is 5. The lowest BCUT2D eigenvalue weighted by molar-refractivity contribution is -0.350. The summed E-state index contributed by atoms with van der Waals surface area (Å²) < 4.78 is 32.4. The Bertz CT molecular complexity index is 1690. The summed E-state index contributed by atoms with van der Waals surface area (Å²) in [6.45, 7) is 0. The summed E-state index contributed by atoms with van der Waals surface area (Å²) in [5.74, 6) is -4.64. The van der Waals surface area contributed by atoms with Gasteiger partial charge in [0.25, 0.3) is 0 Å². The van der Waals surface area contributed by atoms with Gasteiger partial charge in [0.05, 0.1) is 7.11 Å². The molecule has 0 spiro atoms. The number of ether oxygens (including phenoxy) is 5. The second-order valence-corrected chi connectivity index (χ2v) is 10.4. The number of fused-ring (bicyclic) bond motifs is 1. The van der Waals surface area contributed by atoms with Crippen LogP contribution in [0.2, 0.25) is 0 Å². The number of aliphatic carboxylic acids is 2. The number of aliphatic hydroxyl groups excluding tert-OH is 5. The average Bonchev–Trinajstić information content (AvgIpc) is 3.00. The largest absolute Gasteiger partial charge is 0.507 e. The van der Waals surface area contributed by atoms with Gasteiger partial charge in [0, 0.05) is 23.8 Å². The zero-order chi connectivity index (χ0) is 33.6. The number of hydrogen-bond donors (Lipinski definition) is 9. The van der Waals surface area contributed by atoms with Gasteiger partial charge in [0.15, 0.2) is 41.5 Å². The molecule has 0 amide bonds. The van der Waals surface area contributed by atoms with Crippen LogP contribution in [0.15, 0.2) is 45.6 Å². The molecule has 46 heavy (non-hydrogen) atoms. The molecule has 2 aromatic carbocycles. The van der Waals surface area contributed by atoms with E-state index in [1.807, 2.05) is 0 Å². The fourth-order valence-electron chi connectivity index (χ4n) is 5.02. The van der Waals surface area contributed by atoms with Gasteiger partial charge < -0.3 is 74.1 Å². The number of carboxylic acids is 2. The second-order valence-electron chi connectivity index (χ2n) is 10.4. The topological polar surface area (TPSA) is 293 Å². The van der Waals surface area contributed by atoms with Gasteiger partial charge in [-0.05, 0) is 18.2 Å². The van der Waals surface area contributed by atoms with E-state index in [4.69, 9.17) is 28.1 Å². The SMILES string of the molecule is COc1cc(-c2cc(=O)c3c(O)cc(O[C@@H]4O[C@H](C(=O)O)[C@@H](O)[C@H](O)[C@H]4O[C@@H]4O[C@H](C(=O)O)[C@@H](O)[C@H](O)[C@H]4O)cc3o2)ccc1O. The first kappa shape index (κ1) is 32.9. The average molecular weight is 653 g/mol. The molecule has 0 radical (unpaired) electrons. The number of hydrogen-bond acceptors (Lipinski definition) is 16. The predicted octanol–water partition coefficient (Wildman–Crippen LogP) is -1.93. The first-order valence-corrected chi connectivity index (χ1v) is 13.4. The van der Waals surface area contributed by atoms with Gasteiger partial charge in [-0.1, -0.05) is 0 Å². The third kappa shape index (κ3) is 6.02. The highest BCUT2D eigenvalue weighted by Gasteiger charge is 2.54. The van der Waals surface area contributed by atoms with Crippen molar-refractivity contribution in [3.63, 3.8) is 0 Å². The molecule has 2 fully saturated rings. The summed E-state index contributed by atoms with van der Waals surface area (Å²) in [5.41, 5.74) is -0.646. The van der Waals surface area contributed by atoms with Crippen molar-refractivity contribution in [3.05, 3.63) is 46.6 Å². The van der Waals surface area contributed by atoms with Crippen LogP contribution in [0.3, 0.4) is 0 Å². The Hall–Kier alpha value is -4.53. The molecule has 2 aliphatic heterocycles. The van der Waals surface area contributed by atoms with Crippen molar-refractivity contribution in [3.8, 4) is 34.3 Å². The molecule has 248 valence electrons. The molecule has 1 aromatic heterocycles. The minimum Gasteiger partial charge on any atom is -0.507 e. The quantitative estimate of drug-likeness (QED) is 0.128. The third-order valence-corrected chi connectivity index (χ3v) is 7.39. The van der Waals surface area contributed by atoms with E-state index in [0.29, 0.717) is 5.56 Å². The number of phenolic OH excluding ortho intramolecular Hbond substituents is 2. The van der Waals surface area contributed by atoms with Gasteiger partial charge in [0.1, 0.15) is 58.7 Å². The molecule has 2 aliphatic rings. The molecule has 18 heteroatoms. The van der Waals surface area contributed by atoms with Crippen molar-refractivity contribution in [1.82, 2.24) is 0 Å². The van der Waals surface area contributed by atoms with E-state index in [1.165, 1.54) is 25.3 Å². The maximum Gasteiger partial charge on any atom is 0.335 e. The molecule has 3 heterocycles. The summed E-state index contributed by atoms with van der Waals surface area (Å²) in [7, 11) is 1.31. The minimum absolute atomic E-state index is 0.0240. The Morgan fingerprint density at radius 2 is 1.39 bits per heavy atom. The highest BCUT2D eigenvalue weighted by atomic mass is 16.8. The summed E-state index contributed by atoms with van der Waals surface area (Å²) in [5, 5.41) is 90.8. The number of methoxy groups -OCH3 is 1. The lowest BCUT2D eigenvalue weighted by Gasteiger charge is -2.44. The van der Waals surface area contributed by atoms with Gasteiger partial charge in [-0.15, -0.1) is 0 Å². The Balaban J connectivity index is 1.51. The highest BCUT2D eigenvalue weighted by molar-refractivity contribution is 5.86. The summed E-state index contributed by atoms with van der Waals surface area (Å²) in [6.07, 6.45) is -20.9. The molecule has 10 atom stereocenters. The molecule has 2 saturated heterocycles. The molecule has 0 bridgehead atoms. The zero-order valence-electron chi connectivity index (χ0n) is 23.4. The van der Waals surface area contributed by atoms with Gasteiger partial charge in [-0.25, -0.2) is 9.59 Å². The summed E-state index contributed by atoms with van der Waals surface area (Å²) in [4.78, 5) is 36.2. The van der Waals surface area contributed by atoms with Crippen LogP contribution in [-0.4, -0.2) is 126 Å². The number of rotatable bonds is 8. The lowest BCUT2D eigenvalue weighted by Crippen LogP contribution is -2.66. The van der Waals surface area contributed by atoms with Gasteiger partial charge in [0.2, 0.25) is 6.29 Å². The van der Waals surface area contributed by atoms with E-state index in [9.17, 15) is 60.3 Å². The number of carbonyl (C=O) groups is 2. The van der Waals surface area contributed by atoms with Gasteiger partial charge in [-0.2, -0.15) is 0 Å². The number of phenols is 2. The summed E-state index contributed by atoms with van der Waals surface area (Å²) >= 11 is 0. The van der Waals surface area contributed by atoms with Crippen molar-refractivity contribution < 1.29 is 83.6 Å².